The van der Waals surface area contributed by atoms with Crippen molar-refractivity contribution in [2.75, 3.05) is 18.0 Å². The van der Waals surface area contributed by atoms with Gasteiger partial charge in [-0.25, -0.2) is 9.18 Å². The number of nitrogens with zero attached hydrogens (tertiary/aromatic N) is 3. The Hall–Kier alpha value is -2.55. The van der Waals surface area contributed by atoms with E-state index in [9.17, 15) is 14.0 Å². The summed E-state index contributed by atoms with van der Waals surface area (Å²) in [6.07, 6.45) is -0.284. The van der Waals surface area contributed by atoms with Crippen LogP contribution >= 0.6 is 11.3 Å². The summed E-state index contributed by atoms with van der Waals surface area (Å²) in [5.41, 5.74) is 0.750. The molecule has 1 atom stereocenters. The van der Waals surface area contributed by atoms with E-state index < -0.39 is 18.0 Å². The predicted octanol–water partition coefficient (Wildman–Crippen LogP) is 2.37. The van der Waals surface area contributed by atoms with Gasteiger partial charge in [0.2, 0.25) is 5.91 Å². The third kappa shape index (κ3) is 3.76. The molecule has 25 heavy (non-hydrogen) atoms. The summed E-state index contributed by atoms with van der Waals surface area (Å²) in [6.45, 7) is 3.82. The molecule has 1 aliphatic heterocycles. The molecule has 1 aromatic carbocycles. The normalized spacial score (nSPS) is 16.8. The van der Waals surface area contributed by atoms with Crippen molar-refractivity contribution in [3.8, 4) is 10.6 Å². The lowest BCUT2D eigenvalue weighted by molar-refractivity contribution is -0.119. The minimum absolute atomic E-state index is 0.201. The van der Waals surface area contributed by atoms with Crippen LogP contribution in [0.2, 0.25) is 0 Å². The SMILES string of the molecule is CCc1nnc(-c2ccc(N3C[C@H](CNC(C)=O)OC3=O)cc2F)s1. The van der Waals surface area contributed by atoms with Gasteiger partial charge in [-0.1, -0.05) is 18.3 Å². The molecule has 0 aliphatic carbocycles. The van der Waals surface area contributed by atoms with Crippen LogP contribution in [0.15, 0.2) is 18.2 Å². The van der Waals surface area contributed by atoms with E-state index >= 15 is 0 Å². The maximum absolute atomic E-state index is 14.5. The molecule has 3 rings (SSSR count). The molecule has 0 spiro atoms. The maximum atomic E-state index is 14.5. The second kappa shape index (κ2) is 7.14. The Morgan fingerprint density at radius 2 is 2.28 bits per heavy atom. The van der Waals surface area contributed by atoms with Gasteiger partial charge in [0.25, 0.3) is 0 Å². The van der Waals surface area contributed by atoms with Crippen LogP contribution in [0.1, 0.15) is 18.9 Å². The number of carbonyl (C=O) groups excluding carboxylic acids is 2. The topological polar surface area (TPSA) is 84.4 Å². The summed E-state index contributed by atoms with van der Waals surface area (Å²) < 4.78 is 19.7. The Balaban J connectivity index is 1.76. The maximum Gasteiger partial charge on any atom is 0.414 e. The zero-order valence-electron chi connectivity index (χ0n) is 13.8. The molecule has 9 heteroatoms. The molecule has 0 saturated carbocycles. The summed E-state index contributed by atoms with van der Waals surface area (Å²) in [5.74, 6) is -0.678. The molecule has 0 bridgehead atoms. The fourth-order valence-corrected chi connectivity index (χ4v) is 3.25. The third-order valence-corrected chi connectivity index (χ3v) is 4.82. The van der Waals surface area contributed by atoms with E-state index in [4.69, 9.17) is 4.74 Å². The van der Waals surface area contributed by atoms with Crippen molar-refractivity contribution in [2.45, 2.75) is 26.4 Å². The highest BCUT2D eigenvalue weighted by atomic mass is 32.1. The number of hydrogen-bond acceptors (Lipinski definition) is 6. The summed E-state index contributed by atoms with van der Waals surface area (Å²) in [5, 5.41) is 11.9. The Bertz CT molecular complexity index is 810. The number of aromatic nitrogens is 2. The van der Waals surface area contributed by atoms with Crippen LogP contribution in [-0.4, -0.2) is 41.4 Å². The van der Waals surface area contributed by atoms with Gasteiger partial charge < -0.3 is 10.1 Å². The number of carbonyl (C=O) groups is 2. The molecule has 2 heterocycles. The monoisotopic (exact) mass is 364 g/mol. The Labute approximate surface area is 147 Å². The number of cyclic esters (lactones) is 1. The Kier molecular flexibility index (Phi) is 4.93. The molecule has 132 valence electrons. The Morgan fingerprint density at radius 1 is 1.48 bits per heavy atom. The Morgan fingerprint density at radius 3 is 2.92 bits per heavy atom. The van der Waals surface area contributed by atoms with Gasteiger partial charge >= 0.3 is 6.09 Å². The quantitative estimate of drug-likeness (QED) is 0.880. The average Bonchev–Trinajstić information content (AvgIpc) is 3.19. The lowest BCUT2D eigenvalue weighted by Crippen LogP contribution is -2.33. The fraction of sp³-hybridized carbons (Fsp3) is 0.375. The van der Waals surface area contributed by atoms with E-state index in [1.807, 2.05) is 6.92 Å². The largest absolute Gasteiger partial charge is 0.442 e. The number of ether oxygens (including phenoxy) is 1. The van der Waals surface area contributed by atoms with Crippen LogP contribution in [-0.2, 0) is 16.0 Å². The van der Waals surface area contributed by atoms with E-state index in [1.54, 1.807) is 12.1 Å². The second-order valence-electron chi connectivity index (χ2n) is 5.57. The molecule has 1 saturated heterocycles. The van der Waals surface area contributed by atoms with Crippen LogP contribution in [0.4, 0.5) is 14.9 Å². The lowest BCUT2D eigenvalue weighted by Gasteiger charge is -2.14. The van der Waals surface area contributed by atoms with Crippen LogP contribution in [0.25, 0.3) is 10.6 Å². The molecule has 2 aromatic rings. The first-order chi connectivity index (χ1) is 12.0. The average molecular weight is 364 g/mol. The van der Waals surface area contributed by atoms with Gasteiger partial charge in [-0.05, 0) is 24.6 Å². The minimum Gasteiger partial charge on any atom is -0.442 e. The number of amides is 2. The van der Waals surface area contributed by atoms with Crippen molar-refractivity contribution in [2.24, 2.45) is 0 Å². The van der Waals surface area contributed by atoms with Crippen molar-refractivity contribution in [1.29, 1.82) is 0 Å². The number of aryl methyl sites for hydroxylation is 1. The van der Waals surface area contributed by atoms with E-state index in [0.29, 0.717) is 16.3 Å². The lowest BCUT2D eigenvalue weighted by atomic mass is 10.2. The molecule has 1 aromatic heterocycles. The predicted molar refractivity (Wildman–Crippen MR) is 91.0 cm³/mol. The van der Waals surface area contributed by atoms with E-state index in [1.165, 1.54) is 29.2 Å². The van der Waals surface area contributed by atoms with Crippen molar-refractivity contribution < 1.29 is 18.7 Å². The first kappa shape index (κ1) is 17.3. The summed E-state index contributed by atoms with van der Waals surface area (Å²) in [4.78, 5) is 24.3. The molecule has 1 N–H and O–H groups in total. The van der Waals surface area contributed by atoms with E-state index in [-0.39, 0.29) is 19.0 Å². The van der Waals surface area contributed by atoms with E-state index in [0.717, 1.165) is 11.4 Å². The zero-order valence-corrected chi connectivity index (χ0v) is 14.6. The fourth-order valence-electron chi connectivity index (χ4n) is 2.45. The van der Waals surface area contributed by atoms with Crippen molar-refractivity contribution in [3.05, 3.63) is 29.0 Å². The molecule has 0 unspecified atom stereocenters. The number of benzene rings is 1. The minimum atomic E-state index is -0.563. The van der Waals surface area contributed by atoms with Crippen LogP contribution in [0, 0.1) is 5.82 Å². The number of hydrogen-bond donors (Lipinski definition) is 1. The molecule has 0 radical (unpaired) electrons. The highest BCUT2D eigenvalue weighted by Gasteiger charge is 2.32. The first-order valence-electron chi connectivity index (χ1n) is 7.82. The van der Waals surface area contributed by atoms with Gasteiger partial charge in [0.05, 0.1) is 18.8 Å². The standard InChI is InChI=1S/C16H17FN4O3S/c1-3-14-19-20-15(25-14)12-5-4-10(6-13(12)17)21-8-11(24-16(21)23)7-18-9(2)22/h4-6,11H,3,7-8H2,1-2H3,(H,18,22)/t11-/m0/s1. The smallest absolute Gasteiger partial charge is 0.414 e. The van der Waals surface area contributed by atoms with Crippen molar-refractivity contribution in [3.63, 3.8) is 0 Å². The highest BCUT2D eigenvalue weighted by Crippen LogP contribution is 2.30. The number of nitrogens with one attached hydrogen (secondary N) is 1. The number of anilines is 1. The van der Waals surface area contributed by atoms with E-state index in [2.05, 4.69) is 15.5 Å². The van der Waals surface area contributed by atoms with Gasteiger partial charge in [-0.3, -0.25) is 9.69 Å². The molecule has 2 amide bonds. The highest BCUT2D eigenvalue weighted by molar-refractivity contribution is 7.14. The van der Waals surface area contributed by atoms with Crippen LogP contribution in [0.5, 0.6) is 0 Å². The molecular formula is C16H17FN4O3S. The number of rotatable bonds is 5. The van der Waals surface area contributed by atoms with Crippen LogP contribution < -0.4 is 10.2 Å². The summed E-state index contributed by atoms with van der Waals surface area (Å²) in [7, 11) is 0. The van der Waals surface area contributed by atoms with Crippen LogP contribution in [0.3, 0.4) is 0 Å². The van der Waals surface area contributed by atoms with Gasteiger partial charge in [0, 0.05) is 12.5 Å². The molecular weight excluding hydrogens is 347 g/mol. The number of halogens is 1. The molecule has 1 aliphatic rings. The third-order valence-electron chi connectivity index (χ3n) is 3.72. The summed E-state index contributed by atoms with van der Waals surface area (Å²) >= 11 is 1.34. The van der Waals surface area contributed by atoms with Gasteiger partial charge in [0.1, 0.15) is 16.9 Å². The van der Waals surface area contributed by atoms with Crippen molar-refractivity contribution >= 4 is 29.0 Å². The second-order valence-corrected chi connectivity index (χ2v) is 6.63. The summed E-state index contributed by atoms with van der Waals surface area (Å²) in [6, 6.07) is 4.51. The zero-order chi connectivity index (χ0) is 18.0. The molecule has 1 fully saturated rings. The van der Waals surface area contributed by atoms with Gasteiger partial charge in [-0.2, -0.15) is 0 Å². The van der Waals surface area contributed by atoms with Gasteiger partial charge in [-0.15, -0.1) is 10.2 Å². The first-order valence-corrected chi connectivity index (χ1v) is 8.64. The van der Waals surface area contributed by atoms with Crippen molar-refractivity contribution in [1.82, 2.24) is 15.5 Å². The molecule has 7 nitrogen and oxygen atoms in total. The van der Waals surface area contributed by atoms with Gasteiger partial charge in [0.15, 0.2) is 5.01 Å².